The van der Waals surface area contributed by atoms with Crippen molar-refractivity contribution in [3.63, 3.8) is 0 Å². The van der Waals surface area contributed by atoms with Gasteiger partial charge >= 0.3 is 0 Å². The third kappa shape index (κ3) is 2.52. The van der Waals surface area contributed by atoms with E-state index in [1.165, 1.54) is 5.56 Å². The van der Waals surface area contributed by atoms with E-state index in [2.05, 4.69) is 53.3 Å². The molecule has 3 rings (SSSR count). The number of hydrogen-bond acceptors (Lipinski definition) is 2. The van der Waals surface area contributed by atoms with Gasteiger partial charge in [-0.25, -0.2) is 9.97 Å². The summed E-state index contributed by atoms with van der Waals surface area (Å²) >= 11 is 0. The molecule has 0 radical (unpaired) electrons. The molecule has 0 bridgehead atoms. The minimum Gasteiger partial charge on any atom is -0.236 e. The summed E-state index contributed by atoms with van der Waals surface area (Å²) in [5.41, 5.74) is 5.38. The smallest absolute Gasteiger partial charge is 0.116 e. The lowest BCUT2D eigenvalue weighted by Gasteiger charge is -2.05. The molecule has 19 heavy (non-hydrogen) atoms. The van der Waals surface area contributed by atoms with Crippen molar-refractivity contribution in [2.75, 3.05) is 0 Å². The number of rotatable bonds is 2. The van der Waals surface area contributed by atoms with Gasteiger partial charge in [0.05, 0.1) is 11.4 Å². The Hall–Kier alpha value is -2.48. The van der Waals surface area contributed by atoms with Crippen LogP contribution in [0.25, 0.3) is 22.5 Å². The fourth-order valence-corrected chi connectivity index (χ4v) is 2.09. The van der Waals surface area contributed by atoms with Gasteiger partial charge in [0, 0.05) is 11.1 Å². The highest BCUT2D eigenvalue weighted by molar-refractivity contribution is 5.67. The molecule has 1 aromatic heterocycles. The van der Waals surface area contributed by atoms with Crippen molar-refractivity contribution in [2.24, 2.45) is 0 Å². The van der Waals surface area contributed by atoms with Crippen molar-refractivity contribution in [1.29, 1.82) is 0 Å². The summed E-state index contributed by atoms with van der Waals surface area (Å²) in [4.78, 5) is 8.71. The van der Waals surface area contributed by atoms with Crippen molar-refractivity contribution >= 4 is 0 Å². The van der Waals surface area contributed by atoms with E-state index in [9.17, 15) is 0 Å². The van der Waals surface area contributed by atoms with Crippen LogP contribution in [0.3, 0.4) is 0 Å². The van der Waals surface area contributed by atoms with Crippen LogP contribution in [0.5, 0.6) is 0 Å². The predicted molar refractivity (Wildman–Crippen MR) is 77.6 cm³/mol. The van der Waals surface area contributed by atoms with E-state index in [1.807, 2.05) is 24.3 Å². The van der Waals surface area contributed by atoms with Gasteiger partial charge in [0.25, 0.3) is 0 Å². The second kappa shape index (κ2) is 5.02. The van der Waals surface area contributed by atoms with E-state index in [0.717, 1.165) is 22.5 Å². The highest BCUT2D eigenvalue weighted by Gasteiger charge is 2.03. The second-order valence-corrected chi connectivity index (χ2v) is 4.52. The monoisotopic (exact) mass is 246 g/mol. The van der Waals surface area contributed by atoms with Crippen LogP contribution in [-0.4, -0.2) is 9.97 Å². The van der Waals surface area contributed by atoms with Crippen LogP contribution in [0.1, 0.15) is 5.56 Å². The van der Waals surface area contributed by atoms with Crippen molar-refractivity contribution in [3.8, 4) is 22.5 Å². The maximum atomic E-state index is 4.37. The fourth-order valence-electron chi connectivity index (χ4n) is 2.09. The van der Waals surface area contributed by atoms with Gasteiger partial charge in [0.2, 0.25) is 0 Å². The molecule has 0 spiro atoms. The van der Waals surface area contributed by atoms with Crippen LogP contribution in [0, 0.1) is 6.92 Å². The number of aromatic nitrogens is 2. The molecule has 0 N–H and O–H groups in total. The Bertz CT molecular complexity index is 690. The van der Waals surface area contributed by atoms with Gasteiger partial charge < -0.3 is 0 Å². The zero-order valence-electron chi connectivity index (χ0n) is 10.7. The molecular weight excluding hydrogens is 232 g/mol. The van der Waals surface area contributed by atoms with Crippen LogP contribution in [0.4, 0.5) is 0 Å². The molecule has 0 amide bonds. The highest BCUT2D eigenvalue weighted by atomic mass is 14.8. The van der Waals surface area contributed by atoms with Gasteiger partial charge in [-0.2, -0.15) is 0 Å². The third-order valence-corrected chi connectivity index (χ3v) is 3.05. The first-order chi connectivity index (χ1) is 9.33. The summed E-state index contributed by atoms with van der Waals surface area (Å²) in [7, 11) is 0. The zero-order valence-corrected chi connectivity index (χ0v) is 10.7. The van der Waals surface area contributed by atoms with Crippen LogP contribution < -0.4 is 0 Å². The Kier molecular flexibility index (Phi) is 3.07. The summed E-state index contributed by atoms with van der Waals surface area (Å²) in [5.74, 6) is 0. The maximum Gasteiger partial charge on any atom is 0.116 e. The molecule has 92 valence electrons. The van der Waals surface area contributed by atoms with Gasteiger partial charge in [-0.15, -0.1) is 0 Å². The van der Waals surface area contributed by atoms with Crippen molar-refractivity contribution in [2.45, 2.75) is 6.92 Å². The summed E-state index contributed by atoms with van der Waals surface area (Å²) in [6, 6.07) is 20.5. The van der Waals surface area contributed by atoms with E-state index in [4.69, 9.17) is 0 Å². The van der Waals surface area contributed by atoms with Crippen molar-refractivity contribution < 1.29 is 0 Å². The van der Waals surface area contributed by atoms with Crippen molar-refractivity contribution in [1.82, 2.24) is 9.97 Å². The summed E-state index contributed by atoms with van der Waals surface area (Å²) < 4.78 is 0. The van der Waals surface area contributed by atoms with E-state index >= 15 is 0 Å². The number of nitrogens with zero attached hydrogens (tertiary/aromatic N) is 2. The molecule has 1 heterocycles. The van der Waals surface area contributed by atoms with Gasteiger partial charge in [-0.3, -0.25) is 0 Å². The number of benzene rings is 2. The third-order valence-electron chi connectivity index (χ3n) is 3.05. The average molecular weight is 246 g/mol. The summed E-state index contributed by atoms with van der Waals surface area (Å²) in [6.45, 7) is 2.09. The van der Waals surface area contributed by atoms with Crippen molar-refractivity contribution in [3.05, 3.63) is 72.6 Å². The molecule has 2 heteroatoms. The molecule has 0 aliphatic heterocycles. The Labute approximate surface area is 112 Å². The molecule has 0 aliphatic carbocycles. The van der Waals surface area contributed by atoms with E-state index in [0.29, 0.717) is 0 Å². The van der Waals surface area contributed by atoms with Crippen LogP contribution in [0.15, 0.2) is 67.0 Å². The van der Waals surface area contributed by atoms with E-state index in [1.54, 1.807) is 6.33 Å². The highest BCUT2D eigenvalue weighted by Crippen LogP contribution is 2.22. The minimum atomic E-state index is 0.951. The van der Waals surface area contributed by atoms with Crippen LogP contribution in [-0.2, 0) is 0 Å². The Morgan fingerprint density at radius 3 is 2.11 bits per heavy atom. The molecule has 2 nitrogen and oxygen atoms in total. The molecule has 0 atom stereocenters. The molecule has 2 aromatic carbocycles. The summed E-state index contributed by atoms with van der Waals surface area (Å²) in [6.07, 6.45) is 1.62. The average Bonchev–Trinajstić information content (AvgIpc) is 2.48. The SMILES string of the molecule is Cc1cccc(-c2cc(-c3ccccc3)ncn2)c1. The standard InChI is InChI=1S/C17H14N2/c1-13-6-5-9-15(10-13)17-11-16(18-12-19-17)14-7-3-2-4-8-14/h2-12H,1H3. The van der Waals surface area contributed by atoms with Crippen LogP contribution in [0.2, 0.25) is 0 Å². The Balaban J connectivity index is 2.06. The van der Waals surface area contributed by atoms with Gasteiger partial charge in [-0.05, 0) is 19.1 Å². The second-order valence-electron chi connectivity index (χ2n) is 4.52. The number of hydrogen-bond donors (Lipinski definition) is 0. The largest absolute Gasteiger partial charge is 0.236 e. The molecule has 0 unspecified atom stereocenters. The van der Waals surface area contributed by atoms with E-state index < -0.39 is 0 Å². The lowest BCUT2D eigenvalue weighted by molar-refractivity contribution is 1.17. The lowest BCUT2D eigenvalue weighted by Crippen LogP contribution is -1.89. The molecular formula is C17H14N2. The molecule has 3 aromatic rings. The quantitative estimate of drug-likeness (QED) is 0.679. The first-order valence-electron chi connectivity index (χ1n) is 6.27. The first-order valence-corrected chi connectivity index (χ1v) is 6.27. The molecule has 0 aliphatic rings. The van der Waals surface area contributed by atoms with Gasteiger partial charge in [-0.1, -0.05) is 54.1 Å². The molecule has 0 saturated carbocycles. The zero-order chi connectivity index (χ0) is 13.1. The topological polar surface area (TPSA) is 25.8 Å². The van der Waals surface area contributed by atoms with E-state index in [-0.39, 0.29) is 0 Å². The van der Waals surface area contributed by atoms with Gasteiger partial charge in [0.15, 0.2) is 0 Å². The Morgan fingerprint density at radius 1 is 0.684 bits per heavy atom. The molecule has 0 fully saturated rings. The first kappa shape index (κ1) is 11.6. The predicted octanol–water partition coefficient (Wildman–Crippen LogP) is 4.12. The normalized spacial score (nSPS) is 10.4. The minimum absolute atomic E-state index is 0.951. The fraction of sp³-hybridized carbons (Fsp3) is 0.0588. The lowest BCUT2D eigenvalue weighted by atomic mass is 10.1. The number of aryl methyl sites for hydroxylation is 1. The summed E-state index contributed by atoms with van der Waals surface area (Å²) in [5, 5.41) is 0. The Morgan fingerprint density at radius 2 is 1.37 bits per heavy atom. The van der Waals surface area contributed by atoms with Gasteiger partial charge in [0.1, 0.15) is 6.33 Å². The molecule has 0 saturated heterocycles. The maximum absolute atomic E-state index is 4.37. The van der Waals surface area contributed by atoms with Crippen LogP contribution >= 0.6 is 0 Å².